The monoisotopic (exact) mass is 414 g/mol. The van der Waals surface area contributed by atoms with Crippen molar-refractivity contribution in [3.05, 3.63) is 35.4 Å². The van der Waals surface area contributed by atoms with E-state index in [0.717, 1.165) is 12.1 Å². The number of carbonyl (C=O) groups is 1. The van der Waals surface area contributed by atoms with Crippen LogP contribution in [0.1, 0.15) is 36.7 Å². The second-order valence-corrected chi connectivity index (χ2v) is 7.51. The van der Waals surface area contributed by atoms with Crippen molar-refractivity contribution in [3.63, 3.8) is 0 Å². The van der Waals surface area contributed by atoms with Crippen molar-refractivity contribution < 1.29 is 18.0 Å². The van der Waals surface area contributed by atoms with Crippen molar-refractivity contribution in [3.8, 4) is 0 Å². The van der Waals surface area contributed by atoms with E-state index in [4.69, 9.17) is 0 Å². The van der Waals surface area contributed by atoms with Gasteiger partial charge in [0.05, 0.1) is 15.2 Å². The maximum Gasteiger partial charge on any atom is 0.416 e. The van der Waals surface area contributed by atoms with Gasteiger partial charge in [-0.3, -0.25) is 4.79 Å². The maximum absolute atomic E-state index is 12.7. The number of Topliss-reactive ketones (excluding diaryl/α,β-unsaturated/α-hetero) is 1. The third-order valence-corrected chi connectivity index (χ3v) is 5.49. The quantitative estimate of drug-likeness (QED) is 0.594. The first-order valence-electron chi connectivity index (χ1n) is 5.94. The summed E-state index contributed by atoms with van der Waals surface area (Å²) >= 11 is 6.59. The first-order valence-corrected chi connectivity index (χ1v) is 7.77. The molecule has 2 atom stereocenters. The molecule has 0 saturated heterocycles. The van der Waals surface area contributed by atoms with Crippen molar-refractivity contribution in [2.75, 3.05) is 0 Å². The molecule has 0 fully saturated rings. The van der Waals surface area contributed by atoms with E-state index in [1.807, 2.05) is 0 Å². The van der Waals surface area contributed by atoms with Crippen molar-refractivity contribution in [1.29, 1.82) is 0 Å². The predicted octanol–water partition coefficient (Wildman–Crippen LogP) is 5.52. The highest BCUT2D eigenvalue weighted by Crippen LogP contribution is 2.38. The molecule has 1 aromatic carbocycles. The average Bonchev–Trinajstić information content (AvgIpc) is 2.34. The Labute approximate surface area is 133 Å². The molecule has 1 nitrogen and oxygen atoms in total. The molecule has 0 aliphatic heterocycles. The summed E-state index contributed by atoms with van der Waals surface area (Å²) in [5.74, 6) is -0.0724. The molecule has 20 heavy (non-hydrogen) atoms. The maximum atomic E-state index is 12.7. The van der Waals surface area contributed by atoms with Crippen molar-refractivity contribution in [1.82, 2.24) is 0 Å². The number of alkyl halides is 5. The highest BCUT2D eigenvalue weighted by Gasteiger charge is 2.35. The van der Waals surface area contributed by atoms with Crippen LogP contribution in [0.15, 0.2) is 24.3 Å². The number of carbonyl (C=O) groups excluding carboxylic acids is 1. The first kappa shape index (κ1) is 17.7. The van der Waals surface area contributed by atoms with E-state index in [9.17, 15) is 18.0 Å². The highest BCUT2D eigenvalue weighted by atomic mass is 79.9. The standard InChI is InChI=1S/C14H15Br2F3O/c1-13(2,3)12(20)11(16)10(15)8-5-4-6-9(7-8)14(17,18)19/h4-7,10-11H,1-3H3/t10-,11-/m1/s1. The molecule has 0 heterocycles. The van der Waals surface area contributed by atoms with Gasteiger partial charge in [-0.05, 0) is 11.6 Å². The van der Waals surface area contributed by atoms with Crippen LogP contribution in [0, 0.1) is 5.41 Å². The lowest BCUT2D eigenvalue weighted by molar-refractivity contribution is -0.137. The second-order valence-electron chi connectivity index (χ2n) is 5.54. The lowest BCUT2D eigenvalue weighted by atomic mass is 9.87. The third-order valence-electron chi connectivity index (χ3n) is 2.78. The molecule has 0 aliphatic carbocycles. The van der Waals surface area contributed by atoms with Crippen LogP contribution in [-0.2, 0) is 11.0 Å². The number of hydrogen-bond acceptors (Lipinski definition) is 1. The summed E-state index contributed by atoms with van der Waals surface area (Å²) in [6, 6.07) is 4.98. The number of ketones is 1. The van der Waals surface area contributed by atoms with Gasteiger partial charge in [0, 0.05) is 5.41 Å². The molecule has 112 valence electrons. The molecule has 0 unspecified atom stereocenters. The van der Waals surface area contributed by atoms with Crippen LogP contribution < -0.4 is 0 Å². The summed E-state index contributed by atoms with van der Waals surface area (Å²) in [7, 11) is 0. The lowest BCUT2D eigenvalue weighted by Crippen LogP contribution is -2.31. The Morgan fingerprint density at radius 3 is 2.15 bits per heavy atom. The van der Waals surface area contributed by atoms with Gasteiger partial charge in [0.25, 0.3) is 0 Å². The van der Waals surface area contributed by atoms with Gasteiger partial charge in [-0.25, -0.2) is 0 Å². The Morgan fingerprint density at radius 2 is 1.70 bits per heavy atom. The highest BCUT2D eigenvalue weighted by molar-refractivity contribution is 9.12. The Bertz CT molecular complexity index is 492. The minimum absolute atomic E-state index is 0.0724. The molecule has 0 aromatic heterocycles. The molecule has 6 heteroatoms. The average molecular weight is 416 g/mol. The van der Waals surface area contributed by atoms with E-state index in [-0.39, 0.29) is 5.78 Å². The Morgan fingerprint density at radius 1 is 1.15 bits per heavy atom. The van der Waals surface area contributed by atoms with E-state index >= 15 is 0 Å². The third kappa shape index (κ3) is 4.32. The molecule has 1 aromatic rings. The van der Waals surface area contributed by atoms with Crippen molar-refractivity contribution in [2.45, 2.75) is 36.6 Å². The smallest absolute Gasteiger partial charge is 0.298 e. The zero-order chi connectivity index (χ0) is 15.7. The van der Waals surface area contributed by atoms with Gasteiger partial charge in [-0.1, -0.05) is 70.8 Å². The number of halogens is 5. The molecular weight excluding hydrogens is 401 g/mol. The van der Waals surface area contributed by atoms with Crippen LogP contribution in [0.2, 0.25) is 0 Å². The minimum atomic E-state index is -4.39. The van der Waals surface area contributed by atoms with Crippen LogP contribution >= 0.6 is 31.9 Å². The van der Waals surface area contributed by atoms with Crippen LogP contribution in [0.5, 0.6) is 0 Å². The van der Waals surface area contributed by atoms with Crippen LogP contribution in [0.25, 0.3) is 0 Å². The summed E-state index contributed by atoms with van der Waals surface area (Å²) in [5, 5.41) is 0. The normalized spacial score (nSPS) is 15.8. The van der Waals surface area contributed by atoms with Gasteiger partial charge in [-0.15, -0.1) is 0 Å². The van der Waals surface area contributed by atoms with Gasteiger partial charge in [0.1, 0.15) is 0 Å². The van der Waals surface area contributed by atoms with E-state index in [0.29, 0.717) is 5.56 Å². The molecular formula is C14H15Br2F3O. The first-order chi connectivity index (χ1) is 8.94. The Hall–Kier alpha value is -0.360. The fourth-order valence-corrected chi connectivity index (χ4v) is 3.12. The summed E-state index contributed by atoms with van der Waals surface area (Å²) in [6.45, 7) is 5.32. The number of hydrogen-bond donors (Lipinski definition) is 0. The van der Waals surface area contributed by atoms with Crippen molar-refractivity contribution in [2.24, 2.45) is 5.41 Å². The second kappa shape index (κ2) is 6.18. The molecule has 0 aliphatic rings. The Kier molecular flexibility index (Phi) is 5.46. The van der Waals surface area contributed by atoms with Gasteiger partial charge < -0.3 is 0 Å². The molecule has 0 radical (unpaired) electrons. The van der Waals surface area contributed by atoms with E-state index in [1.54, 1.807) is 26.8 Å². The lowest BCUT2D eigenvalue weighted by Gasteiger charge is -2.24. The fraction of sp³-hybridized carbons (Fsp3) is 0.500. The van der Waals surface area contributed by atoms with Crippen molar-refractivity contribution >= 4 is 37.6 Å². The van der Waals surface area contributed by atoms with E-state index in [1.165, 1.54) is 6.07 Å². The molecule has 0 bridgehead atoms. The number of benzene rings is 1. The molecule has 1 rings (SSSR count). The Balaban J connectivity index is 3.04. The summed E-state index contributed by atoms with van der Waals surface area (Å²) < 4.78 is 38.1. The molecule has 0 spiro atoms. The van der Waals surface area contributed by atoms with Crippen LogP contribution in [0.3, 0.4) is 0 Å². The van der Waals surface area contributed by atoms with E-state index in [2.05, 4.69) is 31.9 Å². The predicted molar refractivity (Wildman–Crippen MR) is 80.3 cm³/mol. The molecule has 0 saturated carbocycles. The summed E-state index contributed by atoms with van der Waals surface area (Å²) in [5.41, 5.74) is -0.872. The zero-order valence-electron chi connectivity index (χ0n) is 11.3. The van der Waals surface area contributed by atoms with Gasteiger partial charge in [0.15, 0.2) is 5.78 Å². The number of rotatable bonds is 3. The van der Waals surface area contributed by atoms with Crippen LogP contribution in [-0.4, -0.2) is 10.6 Å². The van der Waals surface area contributed by atoms with Gasteiger partial charge in [-0.2, -0.15) is 13.2 Å². The molecule has 0 N–H and O–H groups in total. The fourth-order valence-electron chi connectivity index (χ4n) is 1.60. The SMILES string of the molecule is CC(C)(C)C(=O)[C@H](Br)[C@H](Br)c1cccc(C(F)(F)F)c1. The zero-order valence-corrected chi connectivity index (χ0v) is 14.4. The van der Waals surface area contributed by atoms with E-state index < -0.39 is 26.8 Å². The largest absolute Gasteiger partial charge is 0.416 e. The topological polar surface area (TPSA) is 17.1 Å². The summed E-state index contributed by atoms with van der Waals surface area (Å²) in [4.78, 5) is 11.1. The summed E-state index contributed by atoms with van der Waals surface area (Å²) in [6.07, 6.45) is -4.39. The van der Waals surface area contributed by atoms with Crippen LogP contribution in [0.4, 0.5) is 13.2 Å². The van der Waals surface area contributed by atoms with Gasteiger partial charge in [0.2, 0.25) is 0 Å². The molecule has 0 amide bonds. The van der Waals surface area contributed by atoms with Gasteiger partial charge >= 0.3 is 6.18 Å². The minimum Gasteiger partial charge on any atom is -0.298 e.